The molecule has 0 aliphatic rings. The van der Waals surface area contributed by atoms with Gasteiger partial charge in [0.2, 0.25) is 11.8 Å². The molecule has 0 rings (SSSR count). The van der Waals surface area contributed by atoms with Crippen molar-refractivity contribution >= 4 is 11.8 Å². The zero-order chi connectivity index (χ0) is 17.3. The standard InChI is InChI=1S/C19H36N2O2/c1-2-3-4-5-6-7-8-11-14-17(19(21)23)15-12-9-10-13-16-18(20)22/h14H,2-13,15-16H2,1H3,(H2,20,22)(H2,21,23). The van der Waals surface area contributed by atoms with Crippen LogP contribution in [-0.2, 0) is 9.59 Å². The van der Waals surface area contributed by atoms with E-state index in [0.29, 0.717) is 6.42 Å². The number of hydrogen-bond donors (Lipinski definition) is 2. The summed E-state index contributed by atoms with van der Waals surface area (Å²) in [5.41, 5.74) is 11.3. The van der Waals surface area contributed by atoms with Crippen LogP contribution in [0.2, 0.25) is 0 Å². The van der Waals surface area contributed by atoms with Crippen LogP contribution in [0.3, 0.4) is 0 Å². The summed E-state index contributed by atoms with van der Waals surface area (Å²) in [5.74, 6) is -0.525. The molecular formula is C19H36N2O2. The molecule has 0 aromatic heterocycles. The maximum Gasteiger partial charge on any atom is 0.244 e. The Morgan fingerprint density at radius 1 is 0.739 bits per heavy atom. The molecule has 0 spiro atoms. The highest BCUT2D eigenvalue weighted by atomic mass is 16.1. The van der Waals surface area contributed by atoms with Gasteiger partial charge < -0.3 is 11.5 Å². The molecule has 0 fully saturated rings. The van der Waals surface area contributed by atoms with E-state index in [1.807, 2.05) is 6.08 Å². The third-order valence-electron chi connectivity index (χ3n) is 4.13. The predicted octanol–water partition coefficient (Wildman–Crippen LogP) is 4.36. The molecule has 0 aliphatic carbocycles. The van der Waals surface area contributed by atoms with Crippen LogP contribution in [0.5, 0.6) is 0 Å². The first kappa shape index (κ1) is 21.7. The Balaban J connectivity index is 3.71. The van der Waals surface area contributed by atoms with Crippen molar-refractivity contribution in [3.63, 3.8) is 0 Å². The maximum absolute atomic E-state index is 11.4. The number of hydrogen-bond acceptors (Lipinski definition) is 2. The van der Waals surface area contributed by atoms with Crippen LogP contribution in [0.1, 0.15) is 96.8 Å². The predicted molar refractivity (Wildman–Crippen MR) is 96.8 cm³/mol. The molecular weight excluding hydrogens is 288 g/mol. The summed E-state index contributed by atoms with van der Waals surface area (Å²) in [6.07, 6.45) is 16.9. The average Bonchev–Trinajstić information content (AvgIpc) is 2.50. The van der Waals surface area contributed by atoms with Crippen LogP contribution in [0, 0.1) is 0 Å². The first-order valence-electron chi connectivity index (χ1n) is 9.35. The number of allylic oxidation sites excluding steroid dienone is 1. The van der Waals surface area contributed by atoms with Crippen molar-refractivity contribution in [3.05, 3.63) is 11.6 Å². The van der Waals surface area contributed by atoms with Crippen molar-refractivity contribution in [2.24, 2.45) is 11.5 Å². The minimum atomic E-state index is -0.287. The Bertz CT molecular complexity index is 351. The second kappa shape index (κ2) is 15.6. The second-order valence-electron chi connectivity index (χ2n) is 6.38. The summed E-state index contributed by atoms with van der Waals surface area (Å²) in [4.78, 5) is 22.1. The van der Waals surface area contributed by atoms with Gasteiger partial charge in [0.05, 0.1) is 0 Å². The highest BCUT2D eigenvalue weighted by molar-refractivity contribution is 5.91. The van der Waals surface area contributed by atoms with E-state index in [1.165, 1.54) is 38.5 Å². The lowest BCUT2D eigenvalue weighted by molar-refractivity contribution is -0.118. The molecule has 0 saturated heterocycles. The van der Waals surface area contributed by atoms with Gasteiger partial charge in [0.15, 0.2) is 0 Å². The van der Waals surface area contributed by atoms with Crippen LogP contribution in [-0.4, -0.2) is 11.8 Å². The highest BCUT2D eigenvalue weighted by Crippen LogP contribution is 2.14. The first-order valence-corrected chi connectivity index (χ1v) is 9.35. The Morgan fingerprint density at radius 3 is 1.83 bits per heavy atom. The van der Waals surface area contributed by atoms with Gasteiger partial charge in [-0.05, 0) is 32.1 Å². The van der Waals surface area contributed by atoms with E-state index >= 15 is 0 Å². The summed E-state index contributed by atoms with van der Waals surface area (Å²) in [6.45, 7) is 2.23. The number of carbonyl (C=O) groups is 2. The second-order valence-corrected chi connectivity index (χ2v) is 6.38. The fourth-order valence-electron chi connectivity index (χ4n) is 2.67. The Kier molecular flexibility index (Phi) is 14.7. The minimum absolute atomic E-state index is 0.239. The van der Waals surface area contributed by atoms with Gasteiger partial charge in [-0.1, -0.05) is 64.4 Å². The minimum Gasteiger partial charge on any atom is -0.370 e. The number of amides is 2. The molecule has 134 valence electrons. The highest BCUT2D eigenvalue weighted by Gasteiger charge is 2.04. The average molecular weight is 325 g/mol. The van der Waals surface area contributed by atoms with Crippen molar-refractivity contribution in [1.29, 1.82) is 0 Å². The number of rotatable bonds is 16. The van der Waals surface area contributed by atoms with E-state index in [1.54, 1.807) is 0 Å². The quantitative estimate of drug-likeness (QED) is 0.326. The molecule has 0 saturated carbocycles. The van der Waals surface area contributed by atoms with E-state index in [9.17, 15) is 9.59 Å². The zero-order valence-corrected chi connectivity index (χ0v) is 14.9. The smallest absolute Gasteiger partial charge is 0.244 e. The van der Waals surface area contributed by atoms with Gasteiger partial charge >= 0.3 is 0 Å². The lowest BCUT2D eigenvalue weighted by atomic mass is 10.0. The van der Waals surface area contributed by atoms with Gasteiger partial charge in [-0.15, -0.1) is 0 Å². The molecule has 4 N–H and O–H groups in total. The van der Waals surface area contributed by atoms with Gasteiger partial charge in [-0.3, -0.25) is 9.59 Å². The maximum atomic E-state index is 11.4. The molecule has 23 heavy (non-hydrogen) atoms. The monoisotopic (exact) mass is 324 g/mol. The van der Waals surface area contributed by atoms with Crippen molar-refractivity contribution < 1.29 is 9.59 Å². The van der Waals surface area contributed by atoms with E-state index in [2.05, 4.69) is 6.92 Å². The largest absolute Gasteiger partial charge is 0.370 e. The van der Waals surface area contributed by atoms with Gasteiger partial charge in [0.25, 0.3) is 0 Å². The SMILES string of the molecule is CCCCCCCCCC=C(CCCCCCC(N)=O)C(N)=O. The molecule has 0 heterocycles. The Labute approximate surface area is 142 Å². The molecule has 0 unspecified atom stereocenters. The molecule has 0 bridgehead atoms. The van der Waals surface area contributed by atoms with Crippen molar-refractivity contribution in [1.82, 2.24) is 0 Å². The van der Waals surface area contributed by atoms with Gasteiger partial charge in [0, 0.05) is 12.0 Å². The van der Waals surface area contributed by atoms with E-state index in [-0.39, 0.29) is 11.8 Å². The molecule has 0 radical (unpaired) electrons. The summed E-state index contributed by atoms with van der Waals surface area (Å²) < 4.78 is 0. The fraction of sp³-hybridized carbons (Fsp3) is 0.789. The van der Waals surface area contributed by atoms with Gasteiger partial charge in [-0.25, -0.2) is 0 Å². The lowest BCUT2D eigenvalue weighted by Crippen LogP contribution is -2.14. The molecule has 0 aromatic carbocycles. The Hall–Kier alpha value is -1.32. The molecule has 2 amide bonds. The van der Waals surface area contributed by atoms with Crippen LogP contribution >= 0.6 is 0 Å². The van der Waals surface area contributed by atoms with Gasteiger partial charge in [0.1, 0.15) is 0 Å². The first-order chi connectivity index (χ1) is 11.1. The molecule has 0 aliphatic heterocycles. The van der Waals surface area contributed by atoms with E-state index < -0.39 is 0 Å². The normalized spacial score (nSPS) is 11.6. The summed E-state index contributed by atoms with van der Waals surface area (Å²) in [6, 6.07) is 0. The summed E-state index contributed by atoms with van der Waals surface area (Å²) in [5, 5.41) is 0. The molecule has 0 aromatic rings. The topological polar surface area (TPSA) is 86.2 Å². The fourth-order valence-corrected chi connectivity index (χ4v) is 2.67. The van der Waals surface area contributed by atoms with Gasteiger partial charge in [-0.2, -0.15) is 0 Å². The third kappa shape index (κ3) is 15.4. The number of primary amides is 2. The van der Waals surface area contributed by atoms with Crippen LogP contribution < -0.4 is 11.5 Å². The summed E-state index contributed by atoms with van der Waals surface area (Å²) in [7, 11) is 0. The number of carbonyl (C=O) groups excluding carboxylic acids is 2. The zero-order valence-electron chi connectivity index (χ0n) is 14.9. The Morgan fingerprint density at radius 2 is 1.26 bits per heavy atom. The van der Waals surface area contributed by atoms with E-state index in [4.69, 9.17) is 11.5 Å². The van der Waals surface area contributed by atoms with Crippen molar-refractivity contribution in [2.45, 2.75) is 96.8 Å². The van der Waals surface area contributed by atoms with Crippen LogP contribution in [0.15, 0.2) is 11.6 Å². The third-order valence-corrected chi connectivity index (χ3v) is 4.13. The number of nitrogens with two attached hydrogens (primary N) is 2. The van der Waals surface area contributed by atoms with Crippen LogP contribution in [0.4, 0.5) is 0 Å². The summed E-state index contributed by atoms with van der Waals surface area (Å²) >= 11 is 0. The number of unbranched alkanes of at least 4 members (excludes halogenated alkanes) is 10. The van der Waals surface area contributed by atoms with Crippen molar-refractivity contribution in [3.8, 4) is 0 Å². The lowest BCUT2D eigenvalue weighted by Gasteiger charge is -2.04. The van der Waals surface area contributed by atoms with Crippen LogP contribution in [0.25, 0.3) is 0 Å². The van der Waals surface area contributed by atoms with E-state index in [0.717, 1.165) is 50.5 Å². The molecule has 4 nitrogen and oxygen atoms in total. The molecule has 0 atom stereocenters. The van der Waals surface area contributed by atoms with Crippen molar-refractivity contribution in [2.75, 3.05) is 0 Å². The molecule has 4 heteroatoms.